The highest BCUT2D eigenvalue weighted by atomic mass is 16.4. The maximum atomic E-state index is 9.90. The van der Waals surface area contributed by atoms with Gasteiger partial charge in [0.25, 0.3) is 0 Å². The molecule has 0 amide bonds. The number of aliphatic hydroxyl groups excluding tert-OH is 10. The van der Waals surface area contributed by atoms with Gasteiger partial charge in [0.2, 0.25) is 0 Å². The van der Waals surface area contributed by atoms with Crippen molar-refractivity contribution >= 4 is 12.6 Å². The average molecular weight is 360 g/mol. The molecule has 0 aliphatic carbocycles. The summed E-state index contributed by atoms with van der Waals surface area (Å²) in [6.07, 6.45) is -13.7. The zero-order chi connectivity index (χ0) is 19.4. The Bertz CT molecular complexity index is 308. The Morgan fingerprint density at radius 1 is 0.542 bits per heavy atom. The monoisotopic (exact) mass is 360 g/mol. The van der Waals surface area contributed by atoms with E-state index >= 15 is 0 Å². The van der Waals surface area contributed by atoms with Crippen LogP contribution in [0, 0.1) is 0 Å². The van der Waals surface area contributed by atoms with Gasteiger partial charge in [0.05, 0.1) is 13.2 Å². The first-order valence-electron chi connectivity index (χ1n) is 6.65. The first kappa shape index (κ1) is 25.2. The first-order chi connectivity index (χ1) is 11.1. The van der Waals surface area contributed by atoms with Gasteiger partial charge in [-0.1, -0.05) is 0 Å². The molecule has 8 atom stereocenters. The Morgan fingerprint density at radius 2 is 0.792 bits per heavy atom. The standard InChI is InChI=1S/2C6H12O6/c2*7-1-3(9)5(11)6(12)4(10)2-8/h2*1,3-6,8-12H,2H2. The van der Waals surface area contributed by atoms with Gasteiger partial charge in [-0.15, -0.1) is 0 Å². The minimum atomic E-state index is -1.79. The number of carbonyl (C=O) groups is 2. The van der Waals surface area contributed by atoms with Crippen LogP contribution in [-0.2, 0) is 9.59 Å². The van der Waals surface area contributed by atoms with Gasteiger partial charge in [-0.3, -0.25) is 0 Å². The van der Waals surface area contributed by atoms with Crippen molar-refractivity contribution in [3.8, 4) is 0 Å². The minimum Gasteiger partial charge on any atom is -0.394 e. The molecule has 12 nitrogen and oxygen atoms in total. The molecule has 24 heavy (non-hydrogen) atoms. The molecule has 12 heteroatoms. The van der Waals surface area contributed by atoms with Crippen LogP contribution in [0.15, 0.2) is 0 Å². The summed E-state index contributed by atoms with van der Waals surface area (Å²) >= 11 is 0. The normalized spacial score (nSPS) is 21.1. The topological polar surface area (TPSA) is 236 Å². The second kappa shape index (κ2) is 13.3. The van der Waals surface area contributed by atoms with Gasteiger partial charge < -0.3 is 60.7 Å². The first-order valence-corrected chi connectivity index (χ1v) is 6.65. The Hall–Kier alpha value is -1.06. The quantitative estimate of drug-likeness (QED) is 0.164. The van der Waals surface area contributed by atoms with Crippen LogP contribution in [0.25, 0.3) is 0 Å². The largest absolute Gasteiger partial charge is 0.394 e. The summed E-state index contributed by atoms with van der Waals surface area (Å²) in [7, 11) is 0. The van der Waals surface area contributed by atoms with Crippen molar-refractivity contribution in [1.82, 2.24) is 0 Å². The SMILES string of the molecule is O=CC(O)C(O)C(O)C(O)CO.O=CC(O)C(O)C(O)C(O)CO. The van der Waals surface area contributed by atoms with Gasteiger partial charge >= 0.3 is 0 Å². The lowest BCUT2D eigenvalue weighted by Crippen LogP contribution is -2.46. The molecule has 0 spiro atoms. The van der Waals surface area contributed by atoms with E-state index in [-0.39, 0.29) is 12.6 Å². The predicted molar refractivity (Wildman–Crippen MR) is 74.4 cm³/mol. The van der Waals surface area contributed by atoms with E-state index in [0.29, 0.717) is 0 Å². The summed E-state index contributed by atoms with van der Waals surface area (Å²) in [5, 5.41) is 87.1. The predicted octanol–water partition coefficient (Wildman–Crippen LogP) is -6.76. The van der Waals surface area contributed by atoms with Crippen LogP contribution in [0.1, 0.15) is 0 Å². The molecule has 0 aromatic heterocycles. The molecule has 0 saturated carbocycles. The fourth-order valence-corrected chi connectivity index (χ4v) is 1.24. The molecule has 144 valence electrons. The summed E-state index contributed by atoms with van der Waals surface area (Å²) in [4.78, 5) is 19.8. The van der Waals surface area contributed by atoms with Gasteiger partial charge in [0, 0.05) is 0 Å². The van der Waals surface area contributed by atoms with Crippen LogP contribution >= 0.6 is 0 Å². The third-order valence-electron chi connectivity index (χ3n) is 2.84. The van der Waals surface area contributed by atoms with Crippen LogP contribution in [0.2, 0.25) is 0 Å². The smallest absolute Gasteiger partial charge is 0.151 e. The number of hydrogen-bond donors (Lipinski definition) is 10. The molecule has 0 aliphatic rings. The second-order valence-corrected chi connectivity index (χ2v) is 4.72. The van der Waals surface area contributed by atoms with Gasteiger partial charge in [0.15, 0.2) is 12.6 Å². The van der Waals surface area contributed by atoms with Crippen LogP contribution in [0.4, 0.5) is 0 Å². The van der Waals surface area contributed by atoms with Crippen molar-refractivity contribution in [3.63, 3.8) is 0 Å². The molecule has 0 radical (unpaired) electrons. The van der Waals surface area contributed by atoms with E-state index in [2.05, 4.69) is 0 Å². The highest BCUT2D eigenvalue weighted by molar-refractivity contribution is 5.57. The van der Waals surface area contributed by atoms with Gasteiger partial charge in [-0.05, 0) is 0 Å². The fourth-order valence-electron chi connectivity index (χ4n) is 1.24. The molecule has 0 saturated heterocycles. The van der Waals surface area contributed by atoms with Gasteiger partial charge in [-0.25, -0.2) is 0 Å². The van der Waals surface area contributed by atoms with Crippen molar-refractivity contribution in [2.45, 2.75) is 48.8 Å². The molecule has 0 rings (SSSR count). The van der Waals surface area contributed by atoms with Crippen LogP contribution < -0.4 is 0 Å². The maximum absolute atomic E-state index is 9.90. The molecular formula is C12H24O12. The highest BCUT2D eigenvalue weighted by Gasteiger charge is 2.30. The molecule has 0 heterocycles. The third kappa shape index (κ3) is 8.70. The van der Waals surface area contributed by atoms with E-state index < -0.39 is 62.0 Å². The van der Waals surface area contributed by atoms with E-state index in [0.717, 1.165) is 0 Å². The molecular weight excluding hydrogens is 336 g/mol. The zero-order valence-electron chi connectivity index (χ0n) is 12.5. The fraction of sp³-hybridized carbons (Fsp3) is 0.833. The van der Waals surface area contributed by atoms with E-state index in [1.807, 2.05) is 0 Å². The summed E-state index contributed by atoms with van der Waals surface area (Å²) < 4.78 is 0. The number of hydrogen-bond acceptors (Lipinski definition) is 12. The third-order valence-corrected chi connectivity index (χ3v) is 2.84. The number of carbonyl (C=O) groups excluding carboxylic acids is 2. The van der Waals surface area contributed by atoms with Crippen LogP contribution in [0.3, 0.4) is 0 Å². The minimum absolute atomic E-state index is 0.0258. The summed E-state index contributed by atoms with van der Waals surface area (Å²) in [5.41, 5.74) is 0. The van der Waals surface area contributed by atoms with E-state index in [4.69, 9.17) is 51.1 Å². The molecule has 10 N–H and O–H groups in total. The van der Waals surface area contributed by atoms with Crippen molar-refractivity contribution in [2.24, 2.45) is 0 Å². The van der Waals surface area contributed by atoms with Crippen molar-refractivity contribution < 1.29 is 60.7 Å². The molecule has 0 bridgehead atoms. The maximum Gasteiger partial charge on any atom is 0.151 e. The zero-order valence-corrected chi connectivity index (χ0v) is 12.5. The second-order valence-electron chi connectivity index (χ2n) is 4.72. The Kier molecular flexibility index (Phi) is 13.9. The number of aliphatic hydroxyl groups is 10. The van der Waals surface area contributed by atoms with Crippen LogP contribution in [0.5, 0.6) is 0 Å². The lowest BCUT2D eigenvalue weighted by atomic mass is 10.0. The van der Waals surface area contributed by atoms with E-state index in [1.165, 1.54) is 0 Å². The number of rotatable bonds is 10. The van der Waals surface area contributed by atoms with Gasteiger partial charge in [-0.2, -0.15) is 0 Å². The molecule has 0 fully saturated rings. The lowest BCUT2D eigenvalue weighted by molar-refractivity contribution is -0.136. The van der Waals surface area contributed by atoms with Gasteiger partial charge in [0.1, 0.15) is 48.8 Å². The van der Waals surface area contributed by atoms with Crippen molar-refractivity contribution in [3.05, 3.63) is 0 Å². The Labute approximate surface area is 136 Å². The highest BCUT2D eigenvalue weighted by Crippen LogP contribution is 2.03. The van der Waals surface area contributed by atoms with Crippen molar-refractivity contribution in [2.75, 3.05) is 13.2 Å². The van der Waals surface area contributed by atoms with Crippen LogP contribution in [-0.4, -0.2) is 126 Å². The summed E-state index contributed by atoms with van der Waals surface area (Å²) in [5.74, 6) is 0. The average Bonchev–Trinajstić information content (AvgIpc) is 2.62. The molecule has 8 unspecified atom stereocenters. The molecule has 0 aromatic carbocycles. The van der Waals surface area contributed by atoms with E-state index in [1.54, 1.807) is 0 Å². The Morgan fingerprint density at radius 3 is 0.958 bits per heavy atom. The Balaban J connectivity index is 0. The lowest BCUT2D eigenvalue weighted by Gasteiger charge is -2.22. The van der Waals surface area contributed by atoms with Crippen molar-refractivity contribution in [1.29, 1.82) is 0 Å². The molecule has 0 aliphatic heterocycles. The summed E-state index contributed by atoms with van der Waals surface area (Å²) in [6, 6.07) is 0. The molecule has 0 aromatic rings. The van der Waals surface area contributed by atoms with E-state index in [9.17, 15) is 9.59 Å². The number of aldehydes is 2. The summed E-state index contributed by atoms with van der Waals surface area (Å²) in [6.45, 7) is -1.52.